The van der Waals surface area contributed by atoms with Crippen molar-refractivity contribution in [1.82, 2.24) is 4.90 Å². The van der Waals surface area contributed by atoms with E-state index in [1.165, 1.54) is 38.6 Å². The van der Waals surface area contributed by atoms with E-state index in [9.17, 15) is 0 Å². The highest BCUT2D eigenvalue weighted by molar-refractivity contribution is 4.87. The summed E-state index contributed by atoms with van der Waals surface area (Å²) in [5.41, 5.74) is 5.78. The first kappa shape index (κ1) is 13.0. The van der Waals surface area contributed by atoms with Crippen LogP contribution < -0.4 is 5.73 Å². The Hall–Kier alpha value is -0.0800. The van der Waals surface area contributed by atoms with E-state index >= 15 is 0 Å². The summed E-state index contributed by atoms with van der Waals surface area (Å²) >= 11 is 0. The van der Waals surface area contributed by atoms with Gasteiger partial charge in [-0.1, -0.05) is 26.7 Å². The Morgan fingerprint density at radius 1 is 1.27 bits per heavy atom. The Balaban J connectivity index is 2.51. The van der Waals surface area contributed by atoms with Crippen molar-refractivity contribution < 1.29 is 0 Å². The molecule has 0 saturated carbocycles. The molecule has 2 heteroatoms. The predicted octanol–water partition coefficient (Wildman–Crippen LogP) is 2.62. The summed E-state index contributed by atoms with van der Waals surface area (Å²) in [6.07, 6.45) is 6.63. The third-order valence-electron chi connectivity index (χ3n) is 3.76. The van der Waals surface area contributed by atoms with Crippen LogP contribution in [-0.4, -0.2) is 30.1 Å². The molecule has 1 fully saturated rings. The Morgan fingerprint density at radius 2 is 1.87 bits per heavy atom. The van der Waals surface area contributed by atoms with Gasteiger partial charge in [0.2, 0.25) is 0 Å². The molecule has 0 bridgehead atoms. The highest BCUT2D eigenvalue weighted by atomic mass is 15.2. The first-order chi connectivity index (χ1) is 7.22. The normalized spacial score (nSPS) is 27.8. The molecule has 1 aliphatic rings. The highest BCUT2D eigenvalue weighted by Gasteiger charge is 2.32. The van der Waals surface area contributed by atoms with Gasteiger partial charge in [0.25, 0.3) is 0 Å². The number of likely N-dealkylation sites (tertiary alicyclic amines) is 1. The minimum atomic E-state index is 0.746. The summed E-state index contributed by atoms with van der Waals surface area (Å²) in [4.78, 5) is 2.71. The van der Waals surface area contributed by atoms with Gasteiger partial charge < -0.3 is 5.73 Å². The van der Waals surface area contributed by atoms with Crippen molar-refractivity contribution >= 4 is 0 Å². The van der Waals surface area contributed by atoms with Crippen molar-refractivity contribution in [2.24, 2.45) is 11.7 Å². The zero-order valence-corrected chi connectivity index (χ0v) is 10.7. The van der Waals surface area contributed by atoms with Crippen LogP contribution in [0.15, 0.2) is 0 Å². The summed E-state index contributed by atoms with van der Waals surface area (Å²) < 4.78 is 0. The van der Waals surface area contributed by atoms with Crippen LogP contribution in [0.3, 0.4) is 0 Å². The molecule has 1 rings (SSSR count). The third-order valence-corrected chi connectivity index (χ3v) is 3.76. The number of hydrogen-bond acceptors (Lipinski definition) is 2. The molecule has 0 aromatic heterocycles. The maximum Gasteiger partial charge on any atom is 0.00980 e. The summed E-state index contributed by atoms with van der Waals surface area (Å²) in [5.74, 6) is 0.746. The zero-order chi connectivity index (χ0) is 11.3. The Labute approximate surface area is 95.2 Å². The summed E-state index contributed by atoms with van der Waals surface area (Å²) in [6, 6.07) is 1.56. The molecular weight excluding hydrogens is 184 g/mol. The van der Waals surface area contributed by atoms with Gasteiger partial charge in [-0.15, -0.1) is 0 Å². The van der Waals surface area contributed by atoms with Gasteiger partial charge in [0.1, 0.15) is 0 Å². The summed E-state index contributed by atoms with van der Waals surface area (Å²) in [7, 11) is 0. The fourth-order valence-electron chi connectivity index (χ4n) is 2.99. The smallest absolute Gasteiger partial charge is 0.00980 e. The number of hydrogen-bond donors (Lipinski definition) is 1. The van der Waals surface area contributed by atoms with Gasteiger partial charge in [-0.05, 0) is 38.6 Å². The predicted molar refractivity (Wildman–Crippen MR) is 66.9 cm³/mol. The molecule has 1 heterocycles. The number of nitrogens with two attached hydrogens (primary N) is 1. The molecule has 0 radical (unpaired) electrons. The summed E-state index contributed by atoms with van der Waals surface area (Å²) in [5, 5.41) is 0. The second-order valence-electron chi connectivity index (χ2n) is 5.11. The molecule has 0 spiro atoms. The van der Waals surface area contributed by atoms with Crippen molar-refractivity contribution in [3.63, 3.8) is 0 Å². The average molecular weight is 212 g/mol. The molecule has 0 aromatic rings. The second-order valence-corrected chi connectivity index (χ2v) is 5.11. The molecule has 0 aromatic carbocycles. The molecule has 0 amide bonds. The largest absolute Gasteiger partial charge is 0.330 e. The van der Waals surface area contributed by atoms with Gasteiger partial charge >= 0.3 is 0 Å². The van der Waals surface area contributed by atoms with E-state index in [-0.39, 0.29) is 0 Å². The van der Waals surface area contributed by atoms with E-state index in [4.69, 9.17) is 5.73 Å². The van der Waals surface area contributed by atoms with Crippen molar-refractivity contribution in [1.29, 1.82) is 0 Å². The fraction of sp³-hybridized carbons (Fsp3) is 1.00. The lowest BCUT2D eigenvalue weighted by Gasteiger charge is -2.31. The van der Waals surface area contributed by atoms with Crippen LogP contribution >= 0.6 is 0 Å². The van der Waals surface area contributed by atoms with E-state index in [1.54, 1.807) is 0 Å². The van der Waals surface area contributed by atoms with Crippen molar-refractivity contribution in [2.45, 2.75) is 65.0 Å². The van der Waals surface area contributed by atoms with E-state index in [0.717, 1.165) is 24.5 Å². The van der Waals surface area contributed by atoms with Gasteiger partial charge in [-0.2, -0.15) is 0 Å². The van der Waals surface area contributed by atoms with Crippen LogP contribution in [0.1, 0.15) is 52.9 Å². The van der Waals surface area contributed by atoms with Gasteiger partial charge in [-0.3, -0.25) is 4.90 Å². The lowest BCUT2D eigenvalue weighted by Crippen LogP contribution is -2.38. The van der Waals surface area contributed by atoms with Gasteiger partial charge in [0.05, 0.1) is 0 Å². The first-order valence-electron chi connectivity index (χ1n) is 6.68. The molecular formula is C13H28N2. The van der Waals surface area contributed by atoms with Crippen LogP contribution in [-0.2, 0) is 0 Å². The molecule has 2 atom stereocenters. The molecule has 90 valence electrons. The highest BCUT2D eigenvalue weighted by Crippen LogP contribution is 2.27. The number of nitrogens with zero attached hydrogens (tertiary/aromatic N) is 1. The minimum absolute atomic E-state index is 0.746. The summed E-state index contributed by atoms with van der Waals surface area (Å²) in [6.45, 7) is 9.07. The lowest BCUT2D eigenvalue weighted by atomic mass is 10.0. The standard InChI is InChI=1S/C13H28N2/c1-4-6-13(7-5-2)15-10-12(9-14)8-11(15)3/h11-13H,4-10,14H2,1-3H3. The van der Waals surface area contributed by atoms with Crippen molar-refractivity contribution in [3.05, 3.63) is 0 Å². The Bertz CT molecular complexity index is 164. The molecule has 1 aliphatic heterocycles. The average Bonchev–Trinajstić information content (AvgIpc) is 2.59. The Kier molecular flexibility index (Phi) is 5.62. The molecule has 2 N–H and O–H groups in total. The molecule has 1 saturated heterocycles. The maximum atomic E-state index is 5.78. The van der Waals surface area contributed by atoms with E-state index in [0.29, 0.717) is 0 Å². The fourth-order valence-corrected chi connectivity index (χ4v) is 2.99. The minimum Gasteiger partial charge on any atom is -0.330 e. The van der Waals surface area contributed by atoms with Crippen LogP contribution in [0, 0.1) is 5.92 Å². The maximum absolute atomic E-state index is 5.78. The second kappa shape index (κ2) is 6.49. The lowest BCUT2D eigenvalue weighted by molar-refractivity contribution is 0.166. The van der Waals surface area contributed by atoms with E-state index in [1.807, 2.05) is 0 Å². The Morgan fingerprint density at radius 3 is 2.27 bits per heavy atom. The van der Waals surface area contributed by atoms with Crippen LogP contribution in [0.25, 0.3) is 0 Å². The van der Waals surface area contributed by atoms with Crippen molar-refractivity contribution in [3.8, 4) is 0 Å². The topological polar surface area (TPSA) is 29.3 Å². The van der Waals surface area contributed by atoms with E-state index < -0.39 is 0 Å². The third kappa shape index (κ3) is 3.46. The quantitative estimate of drug-likeness (QED) is 0.733. The van der Waals surface area contributed by atoms with Crippen molar-refractivity contribution in [2.75, 3.05) is 13.1 Å². The molecule has 2 nitrogen and oxygen atoms in total. The van der Waals surface area contributed by atoms with Gasteiger partial charge in [0, 0.05) is 18.6 Å². The van der Waals surface area contributed by atoms with Crippen LogP contribution in [0.2, 0.25) is 0 Å². The number of rotatable bonds is 6. The first-order valence-corrected chi connectivity index (χ1v) is 6.68. The zero-order valence-electron chi connectivity index (χ0n) is 10.7. The van der Waals surface area contributed by atoms with Gasteiger partial charge in [-0.25, -0.2) is 0 Å². The molecule has 2 unspecified atom stereocenters. The molecule has 15 heavy (non-hydrogen) atoms. The van der Waals surface area contributed by atoms with Crippen LogP contribution in [0.4, 0.5) is 0 Å². The van der Waals surface area contributed by atoms with E-state index in [2.05, 4.69) is 25.7 Å². The monoisotopic (exact) mass is 212 g/mol. The van der Waals surface area contributed by atoms with Gasteiger partial charge in [0.15, 0.2) is 0 Å². The van der Waals surface area contributed by atoms with Crippen LogP contribution in [0.5, 0.6) is 0 Å². The SMILES string of the molecule is CCCC(CCC)N1CC(CN)CC1C. The molecule has 0 aliphatic carbocycles.